The van der Waals surface area contributed by atoms with Crippen LogP contribution in [0.25, 0.3) is 31.2 Å². The third-order valence-corrected chi connectivity index (χ3v) is 20.1. The quantitative estimate of drug-likeness (QED) is 0.0136. The van der Waals surface area contributed by atoms with E-state index in [-0.39, 0.29) is 123 Å². The van der Waals surface area contributed by atoms with Crippen molar-refractivity contribution in [1.82, 2.24) is 25.4 Å². The van der Waals surface area contributed by atoms with E-state index in [0.29, 0.717) is 72.2 Å². The van der Waals surface area contributed by atoms with Crippen LogP contribution < -0.4 is 36.3 Å². The van der Waals surface area contributed by atoms with Gasteiger partial charge in [-0.25, -0.2) is 9.78 Å². The molecule has 99 heavy (non-hydrogen) atoms. The molecule has 528 valence electrons. The van der Waals surface area contributed by atoms with Crippen molar-refractivity contribution in [2.24, 2.45) is 29.6 Å². The maximum atomic E-state index is 15.0. The summed E-state index contributed by atoms with van der Waals surface area (Å²) in [4.78, 5) is 142. The zero-order valence-electron chi connectivity index (χ0n) is 58.2. The standard InChI is InChI=1S/C74H90N8O16S/c1-40(2)62(78-55(84)19-14-13-15-31-82-57(86)26-27-58(82)87)72(92)75-38-56(85)76-49-22-20-48(21-23-49)39-95-73(93)80(11)50-28-32-81(33-29-50)51-24-25-52-54(37-51)99-69-63(77-52)59-60-65(88)46(8)68-61(59)70(90)74(10,98-68)96-34-30-53(94-12)45(7)67(97-47(9)83)44(6)36-42(4)35-41(3)17-16-18-43(5)71(91)79-64(69)66(60)89/h16-18,20-27,30,34,37,40-42,44-45,50,53,62,67,89H,13-15,19,28-29,31-33,35-36,38-39H2,1-12H3,(H,75,92)(H,76,85)(H,78,84)(H,79,91)/b17-16+,34-30+,43-18-/t41-,42+,44+,45+,53-,62?,67-,74-/m0/s1. The molecule has 1 fully saturated rings. The molecule has 4 aliphatic rings. The number of carbonyl (C=O) groups excluding carboxylic acids is 9. The molecule has 0 radical (unpaired) electrons. The summed E-state index contributed by atoms with van der Waals surface area (Å²) in [6, 6.07) is 11.4. The molecule has 1 aromatic heterocycles. The smallest absolute Gasteiger partial charge is 0.410 e. The monoisotopic (exact) mass is 1380 g/mol. The van der Waals surface area contributed by atoms with Gasteiger partial charge in [0, 0.05) is 106 Å². The van der Waals surface area contributed by atoms with Crippen LogP contribution in [0.15, 0.2) is 95.6 Å². The summed E-state index contributed by atoms with van der Waals surface area (Å²) in [6.07, 6.45) is 13.8. The highest BCUT2D eigenvalue weighted by atomic mass is 32.1. The van der Waals surface area contributed by atoms with Crippen LogP contribution in [0.1, 0.15) is 135 Å². The predicted octanol–water partition coefficient (Wildman–Crippen LogP) is 10.4. The second kappa shape index (κ2) is 32.0. The van der Waals surface area contributed by atoms with Gasteiger partial charge in [-0.3, -0.25) is 48.1 Å². The first kappa shape index (κ1) is 73.7. The van der Waals surface area contributed by atoms with E-state index in [9.17, 15) is 48.3 Å². The first-order chi connectivity index (χ1) is 47.1. The van der Waals surface area contributed by atoms with E-state index in [4.69, 9.17) is 28.7 Å². The number of aromatic nitrogens is 1. The number of fused-ring (bicyclic) bond motifs is 2. The number of allylic oxidation sites excluding steroid dienone is 3. The lowest BCUT2D eigenvalue weighted by molar-refractivity contribution is -0.155. The summed E-state index contributed by atoms with van der Waals surface area (Å²) >= 11 is 1.22. The molecular weight excluding hydrogens is 1290 g/mol. The van der Waals surface area contributed by atoms with Gasteiger partial charge in [0.05, 0.1) is 50.3 Å². The summed E-state index contributed by atoms with van der Waals surface area (Å²) in [7, 11) is 3.24. The van der Waals surface area contributed by atoms with Crippen LogP contribution >= 0.6 is 11.3 Å². The lowest BCUT2D eigenvalue weighted by atomic mass is 9.82. The number of hydrogen-bond donors (Lipinski definition) is 5. The molecule has 5 N–H and O–H groups in total. The summed E-state index contributed by atoms with van der Waals surface area (Å²) in [5, 5.41) is 23.3. The number of unbranched alkanes of at least 4 members (excludes halogenated alkanes) is 2. The maximum absolute atomic E-state index is 15.0. The number of nitrogens with zero attached hydrogens (tertiary/aromatic N) is 4. The normalized spacial score (nSPS) is 23.1. The summed E-state index contributed by atoms with van der Waals surface area (Å²) in [5.74, 6) is -6.63. The van der Waals surface area contributed by atoms with Crippen LogP contribution in [0.3, 0.4) is 0 Å². The second-order valence-electron chi connectivity index (χ2n) is 27.0. The fourth-order valence-corrected chi connectivity index (χ4v) is 14.5. The van der Waals surface area contributed by atoms with Crippen LogP contribution in [0.5, 0.6) is 11.5 Å². The number of piperidine rings is 1. The summed E-state index contributed by atoms with van der Waals surface area (Å²) in [5.41, 5.74) is 2.24. The van der Waals surface area contributed by atoms with Crippen molar-refractivity contribution in [3.05, 3.63) is 118 Å². The number of ketones is 1. The molecule has 0 saturated carbocycles. The Hall–Kier alpha value is -9.49. The molecule has 1 unspecified atom stereocenters. The van der Waals surface area contributed by atoms with Gasteiger partial charge in [-0.2, -0.15) is 0 Å². The van der Waals surface area contributed by atoms with E-state index in [1.54, 1.807) is 69.1 Å². The van der Waals surface area contributed by atoms with Crippen LogP contribution in [-0.2, 0) is 59.1 Å². The Morgan fingerprint density at radius 3 is 2.29 bits per heavy atom. The number of phenolic OH excluding ortho intramolecular Hbond substituents is 1. The topological polar surface area (TPSA) is 308 Å². The maximum Gasteiger partial charge on any atom is 0.410 e. The largest absolute Gasteiger partial charge is 0.505 e. The van der Waals surface area contributed by atoms with E-state index in [0.717, 1.165) is 23.4 Å². The molecule has 4 bridgehead atoms. The number of nitrogens with one attached hydrogen (secondary N) is 4. The van der Waals surface area contributed by atoms with E-state index >= 15 is 4.79 Å². The molecular formula is C74H90N8O16S. The van der Waals surface area contributed by atoms with E-state index in [1.807, 2.05) is 44.2 Å². The minimum atomic E-state index is -2.00. The third-order valence-electron chi connectivity index (χ3n) is 18.9. The Bertz CT molecular complexity index is 4140. The Morgan fingerprint density at radius 2 is 1.62 bits per heavy atom. The fraction of sp³-hybridized carbons (Fsp3) is 0.473. The molecule has 1 saturated heterocycles. The Balaban J connectivity index is 0.857. The highest BCUT2D eigenvalue weighted by Crippen LogP contribution is 2.50. The lowest BCUT2D eigenvalue weighted by Crippen LogP contribution is -2.51. The molecule has 8 atom stereocenters. The number of methoxy groups -OCH3 is 1. The van der Waals surface area contributed by atoms with Crippen LogP contribution in [0.2, 0.25) is 0 Å². The average Bonchev–Trinajstić information content (AvgIpc) is 1.65. The van der Waals surface area contributed by atoms with Gasteiger partial charge in [0.2, 0.25) is 17.7 Å². The molecule has 0 aliphatic carbocycles. The number of ether oxygens (including phenoxy) is 5. The Morgan fingerprint density at radius 1 is 0.909 bits per heavy atom. The van der Waals surface area contributed by atoms with E-state index in [1.165, 1.54) is 57.6 Å². The number of rotatable bonds is 18. The summed E-state index contributed by atoms with van der Waals surface area (Å²) < 4.78 is 31.1. The van der Waals surface area contributed by atoms with Gasteiger partial charge in [-0.05, 0) is 118 Å². The Labute approximate surface area is 579 Å². The highest BCUT2D eigenvalue weighted by Gasteiger charge is 2.49. The van der Waals surface area contributed by atoms with Gasteiger partial charge >= 0.3 is 17.8 Å². The highest BCUT2D eigenvalue weighted by molar-refractivity contribution is 7.25. The zero-order valence-corrected chi connectivity index (χ0v) is 59.1. The second-order valence-corrected chi connectivity index (χ2v) is 28.0. The van der Waals surface area contributed by atoms with Crippen molar-refractivity contribution >= 4 is 113 Å². The van der Waals surface area contributed by atoms with Gasteiger partial charge in [-0.1, -0.05) is 78.3 Å². The molecule has 25 heteroatoms. The number of Topliss-reactive ketones (excluding diaryl/α,β-unsaturated/α-hetero) is 1. The van der Waals surface area contributed by atoms with Gasteiger partial charge in [0.15, 0.2) is 11.2 Å². The van der Waals surface area contributed by atoms with Crippen LogP contribution in [-0.4, -0.2) is 144 Å². The number of aromatic hydroxyl groups is 1. The van der Waals surface area contributed by atoms with Gasteiger partial charge in [0.1, 0.15) is 30.2 Å². The zero-order chi connectivity index (χ0) is 71.7. The average molecular weight is 1380 g/mol. The number of carbonyl (C=O) groups is 9. The van der Waals surface area contributed by atoms with Crippen molar-refractivity contribution in [2.45, 2.75) is 157 Å². The predicted molar refractivity (Wildman–Crippen MR) is 377 cm³/mol. The third kappa shape index (κ3) is 17.2. The van der Waals surface area contributed by atoms with Crippen molar-refractivity contribution < 1.29 is 71.9 Å². The number of anilines is 3. The molecule has 0 spiro atoms. The van der Waals surface area contributed by atoms with E-state index in [2.05, 4.69) is 40.0 Å². The molecule has 5 aromatic rings. The minimum Gasteiger partial charge on any atom is -0.505 e. The van der Waals surface area contributed by atoms with Crippen molar-refractivity contribution in [3.63, 3.8) is 0 Å². The van der Waals surface area contributed by atoms with Gasteiger partial charge in [0.25, 0.3) is 23.5 Å². The van der Waals surface area contributed by atoms with Crippen molar-refractivity contribution in [1.29, 1.82) is 0 Å². The number of benzene rings is 4. The molecule has 4 aliphatic heterocycles. The number of imide groups is 1. The first-order valence-corrected chi connectivity index (χ1v) is 34.6. The number of esters is 1. The van der Waals surface area contributed by atoms with Crippen molar-refractivity contribution in [2.75, 3.05) is 55.9 Å². The fourth-order valence-electron chi connectivity index (χ4n) is 13.4. The number of amides is 7. The minimum absolute atomic E-state index is 0.0282. The van der Waals surface area contributed by atoms with Gasteiger partial charge in [-0.15, -0.1) is 11.3 Å². The first-order valence-electron chi connectivity index (χ1n) is 33.8. The molecule has 24 nitrogen and oxygen atoms in total. The Kier molecular flexibility index (Phi) is 23.8. The lowest BCUT2D eigenvalue weighted by Gasteiger charge is -2.37. The van der Waals surface area contributed by atoms with Crippen LogP contribution in [0.4, 0.5) is 21.9 Å². The SMILES string of the molecule is CO[C@H]1/C=C/O[C@@]2(C)Oc3c(C)c(=O)c4c(O)c(c5sc6cc(N7CCC(N(C)C(=O)OCc8ccc(NC(=O)CNC(=O)C(NC(=O)CCCCCN9C(=O)C=CC9=O)C(C)C)cc8)CC7)ccc6nc5c4c3C2=O)NC(=O)/C(C)=C\C=C\[C@H](C)C[C@@H](C)C[C@@H](C)[C@H](OC(C)=O)[C@@H]1C. The molecule has 7 amide bonds. The summed E-state index contributed by atoms with van der Waals surface area (Å²) in [6.45, 7) is 18.8. The van der Waals surface area contributed by atoms with Gasteiger partial charge < -0.3 is 59.9 Å². The molecule has 5 heterocycles. The van der Waals surface area contributed by atoms with E-state index < -0.39 is 70.8 Å². The van der Waals surface area contributed by atoms with Crippen molar-refractivity contribution in [3.8, 4) is 11.5 Å². The number of hydrogen-bond acceptors (Lipinski definition) is 19. The molecule has 9 rings (SSSR count). The number of phenols is 1. The van der Waals surface area contributed by atoms with Crippen LogP contribution in [0, 0.1) is 36.5 Å². The molecule has 4 aromatic carbocycles.